The first-order valence-corrected chi connectivity index (χ1v) is 5.24. The number of nitrogens with zero attached hydrogens (tertiary/aromatic N) is 2. The maximum absolute atomic E-state index is 11.4. The highest BCUT2D eigenvalue weighted by Gasteiger charge is 1.96. The highest BCUT2D eigenvalue weighted by atomic mass is 16.5. The largest absolute Gasteiger partial charge is 0.492 e. The molecule has 1 heterocycles. The van der Waals surface area contributed by atoms with E-state index in [9.17, 15) is 4.79 Å². The molecule has 2 N–H and O–H groups in total. The predicted octanol–water partition coefficient (Wildman–Crippen LogP) is 0.905. The molecule has 0 bridgehead atoms. The Kier molecular flexibility index (Phi) is 3.40. The molecule has 2 aromatic rings. The van der Waals surface area contributed by atoms with Gasteiger partial charge in [0.05, 0.1) is 12.9 Å². The van der Waals surface area contributed by atoms with E-state index in [0.29, 0.717) is 18.8 Å². The lowest BCUT2D eigenvalue weighted by atomic mass is 10.3. The van der Waals surface area contributed by atoms with Gasteiger partial charge in [0.2, 0.25) is 0 Å². The third-order valence-corrected chi connectivity index (χ3v) is 2.27. The molecule has 0 aliphatic heterocycles. The van der Waals surface area contributed by atoms with Gasteiger partial charge in [0.15, 0.2) is 0 Å². The minimum Gasteiger partial charge on any atom is -0.492 e. The molecule has 0 atom stereocenters. The Bertz CT molecular complexity index is 534. The maximum Gasteiger partial charge on any atom is 0.253 e. The summed E-state index contributed by atoms with van der Waals surface area (Å²) in [4.78, 5) is 15.2. The Morgan fingerprint density at radius 2 is 2.00 bits per heavy atom. The number of aromatic nitrogens is 2. The first kappa shape index (κ1) is 11.2. The Balaban J connectivity index is 1.90. The maximum atomic E-state index is 11.4. The Morgan fingerprint density at radius 1 is 1.24 bits per heavy atom. The lowest BCUT2D eigenvalue weighted by Crippen LogP contribution is -2.22. The number of anilines is 1. The van der Waals surface area contributed by atoms with Crippen LogP contribution in [0, 0.1) is 0 Å². The highest BCUT2D eigenvalue weighted by molar-refractivity contribution is 5.41. The molecule has 0 aliphatic rings. The number of rotatable bonds is 4. The molecule has 88 valence electrons. The molecule has 0 radical (unpaired) electrons. The van der Waals surface area contributed by atoms with E-state index in [2.05, 4.69) is 4.98 Å². The minimum absolute atomic E-state index is 0.0825. The minimum atomic E-state index is -0.0825. The second-order valence-electron chi connectivity index (χ2n) is 3.53. The summed E-state index contributed by atoms with van der Waals surface area (Å²) in [7, 11) is 0. The zero-order valence-electron chi connectivity index (χ0n) is 9.24. The van der Waals surface area contributed by atoms with Crippen LogP contribution in [0.4, 0.5) is 5.69 Å². The van der Waals surface area contributed by atoms with Crippen LogP contribution in [0.25, 0.3) is 0 Å². The molecule has 0 saturated heterocycles. The van der Waals surface area contributed by atoms with Gasteiger partial charge in [-0.1, -0.05) is 0 Å². The molecule has 0 unspecified atom stereocenters. The van der Waals surface area contributed by atoms with Crippen LogP contribution in [-0.2, 0) is 6.54 Å². The molecule has 1 aromatic carbocycles. The summed E-state index contributed by atoms with van der Waals surface area (Å²) >= 11 is 0. The van der Waals surface area contributed by atoms with Crippen molar-refractivity contribution in [3.63, 3.8) is 0 Å². The van der Waals surface area contributed by atoms with Crippen LogP contribution in [0.1, 0.15) is 0 Å². The summed E-state index contributed by atoms with van der Waals surface area (Å²) in [6.07, 6.45) is 2.97. The number of benzene rings is 1. The van der Waals surface area contributed by atoms with E-state index in [0.717, 1.165) is 5.75 Å². The van der Waals surface area contributed by atoms with E-state index >= 15 is 0 Å². The van der Waals surface area contributed by atoms with Gasteiger partial charge in [-0.25, -0.2) is 4.98 Å². The van der Waals surface area contributed by atoms with Crippen LogP contribution in [0.3, 0.4) is 0 Å². The van der Waals surface area contributed by atoms with Crippen LogP contribution >= 0.6 is 0 Å². The van der Waals surface area contributed by atoms with Gasteiger partial charge in [-0.05, 0) is 24.3 Å². The molecule has 0 spiro atoms. The van der Waals surface area contributed by atoms with Gasteiger partial charge in [0.25, 0.3) is 5.56 Å². The van der Waals surface area contributed by atoms with E-state index in [1.54, 1.807) is 24.3 Å². The fourth-order valence-electron chi connectivity index (χ4n) is 1.37. The summed E-state index contributed by atoms with van der Waals surface area (Å²) < 4.78 is 6.97. The molecule has 0 saturated carbocycles. The molecular weight excluding hydrogens is 218 g/mol. The van der Waals surface area contributed by atoms with Crippen LogP contribution < -0.4 is 16.0 Å². The summed E-state index contributed by atoms with van der Waals surface area (Å²) in [5, 5.41) is 0. The van der Waals surface area contributed by atoms with Crippen molar-refractivity contribution in [3.05, 3.63) is 53.2 Å². The van der Waals surface area contributed by atoms with Crippen LogP contribution in [0.15, 0.2) is 47.7 Å². The van der Waals surface area contributed by atoms with E-state index < -0.39 is 0 Å². The van der Waals surface area contributed by atoms with Crippen molar-refractivity contribution in [2.75, 3.05) is 12.3 Å². The normalized spacial score (nSPS) is 10.1. The molecular formula is C12H13N3O2. The molecule has 0 amide bonds. The molecule has 17 heavy (non-hydrogen) atoms. The predicted molar refractivity (Wildman–Crippen MR) is 64.8 cm³/mol. The van der Waals surface area contributed by atoms with Crippen LogP contribution in [-0.4, -0.2) is 16.2 Å². The number of nitrogens with two attached hydrogens (primary N) is 1. The van der Waals surface area contributed by atoms with Gasteiger partial charge in [0, 0.05) is 18.0 Å². The smallest absolute Gasteiger partial charge is 0.253 e. The van der Waals surface area contributed by atoms with Gasteiger partial charge in [-0.3, -0.25) is 9.36 Å². The fraction of sp³-hybridized carbons (Fsp3) is 0.167. The summed E-state index contributed by atoms with van der Waals surface area (Å²) in [5.74, 6) is 0.733. The van der Waals surface area contributed by atoms with Crippen molar-refractivity contribution >= 4 is 5.69 Å². The van der Waals surface area contributed by atoms with Crippen LogP contribution in [0.2, 0.25) is 0 Å². The first-order chi connectivity index (χ1) is 8.25. The van der Waals surface area contributed by atoms with Gasteiger partial charge in [-0.15, -0.1) is 0 Å². The van der Waals surface area contributed by atoms with Crippen molar-refractivity contribution in [3.8, 4) is 5.75 Å². The number of ether oxygens (including phenoxy) is 1. The fourth-order valence-corrected chi connectivity index (χ4v) is 1.37. The van der Waals surface area contributed by atoms with Crippen molar-refractivity contribution in [2.45, 2.75) is 6.54 Å². The molecule has 5 nitrogen and oxygen atoms in total. The third-order valence-electron chi connectivity index (χ3n) is 2.27. The Hall–Kier alpha value is -2.30. The standard InChI is InChI=1S/C12H13N3O2/c13-10-1-3-11(4-2-10)17-8-7-15-9-14-6-5-12(15)16/h1-6,9H,7-8,13H2. The van der Waals surface area contributed by atoms with Crippen molar-refractivity contribution in [2.24, 2.45) is 0 Å². The highest BCUT2D eigenvalue weighted by Crippen LogP contribution is 2.12. The molecule has 1 aromatic heterocycles. The first-order valence-electron chi connectivity index (χ1n) is 5.24. The molecule has 2 rings (SSSR count). The van der Waals surface area contributed by atoms with Crippen molar-refractivity contribution in [1.29, 1.82) is 0 Å². The molecule has 0 fully saturated rings. The topological polar surface area (TPSA) is 70.1 Å². The summed E-state index contributed by atoms with van der Waals surface area (Å²) in [6.45, 7) is 0.882. The Morgan fingerprint density at radius 3 is 2.71 bits per heavy atom. The van der Waals surface area contributed by atoms with E-state index in [-0.39, 0.29) is 5.56 Å². The van der Waals surface area contributed by atoms with E-state index in [1.807, 2.05) is 0 Å². The van der Waals surface area contributed by atoms with Crippen molar-refractivity contribution in [1.82, 2.24) is 9.55 Å². The Labute approximate surface area is 98.5 Å². The summed E-state index contributed by atoms with van der Waals surface area (Å²) in [6, 6.07) is 8.54. The van der Waals surface area contributed by atoms with Crippen molar-refractivity contribution < 1.29 is 4.74 Å². The van der Waals surface area contributed by atoms with Gasteiger partial charge in [-0.2, -0.15) is 0 Å². The van der Waals surface area contributed by atoms with Crippen LogP contribution in [0.5, 0.6) is 5.75 Å². The summed E-state index contributed by atoms with van der Waals surface area (Å²) in [5.41, 5.74) is 6.17. The van der Waals surface area contributed by atoms with Gasteiger partial charge >= 0.3 is 0 Å². The average Bonchev–Trinajstić information content (AvgIpc) is 2.34. The second kappa shape index (κ2) is 5.16. The number of nitrogen functional groups attached to an aromatic ring is 1. The average molecular weight is 231 g/mol. The molecule has 0 aliphatic carbocycles. The van der Waals surface area contributed by atoms with Gasteiger partial charge in [0.1, 0.15) is 12.4 Å². The van der Waals surface area contributed by atoms with Gasteiger partial charge < -0.3 is 10.5 Å². The quantitative estimate of drug-likeness (QED) is 0.794. The lowest BCUT2D eigenvalue weighted by molar-refractivity contribution is 0.295. The SMILES string of the molecule is Nc1ccc(OCCn2cnccc2=O)cc1. The third kappa shape index (κ3) is 3.07. The number of hydrogen-bond acceptors (Lipinski definition) is 4. The lowest BCUT2D eigenvalue weighted by Gasteiger charge is -2.07. The number of hydrogen-bond donors (Lipinski definition) is 1. The monoisotopic (exact) mass is 231 g/mol. The zero-order valence-corrected chi connectivity index (χ0v) is 9.24. The van der Waals surface area contributed by atoms with E-state index in [1.165, 1.54) is 23.2 Å². The van der Waals surface area contributed by atoms with E-state index in [4.69, 9.17) is 10.5 Å². The molecule has 5 heteroatoms. The second-order valence-corrected chi connectivity index (χ2v) is 3.53. The zero-order chi connectivity index (χ0) is 12.1.